The Hall–Kier alpha value is -1.30. The Balaban J connectivity index is 1.70. The molecule has 18 heavy (non-hydrogen) atoms. The highest BCUT2D eigenvalue weighted by molar-refractivity contribution is 5.41. The lowest BCUT2D eigenvalue weighted by molar-refractivity contribution is -0.0547. The number of hydrogen-bond donors (Lipinski definition) is 2. The fraction of sp³-hybridized carbons (Fsp3) is 0.538. The number of hydrogen-bond acceptors (Lipinski definition) is 5. The summed E-state index contributed by atoms with van der Waals surface area (Å²) in [5.41, 5.74) is 6.34. The van der Waals surface area contributed by atoms with Crippen molar-refractivity contribution in [2.45, 2.75) is 6.10 Å². The smallest absolute Gasteiger partial charge is 0.119 e. The van der Waals surface area contributed by atoms with Gasteiger partial charge in [0.05, 0.1) is 19.3 Å². The number of nitrogens with zero attached hydrogens (tertiary/aromatic N) is 1. The molecule has 1 aliphatic heterocycles. The minimum atomic E-state index is -0.0599. The lowest BCUT2D eigenvalue weighted by atomic mass is 10.3. The Morgan fingerprint density at radius 3 is 2.89 bits per heavy atom. The number of morpholine rings is 1. The number of ether oxygens (including phenoxy) is 2. The van der Waals surface area contributed by atoms with Gasteiger partial charge in [-0.25, -0.2) is 0 Å². The van der Waals surface area contributed by atoms with E-state index in [-0.39, 0.29) is 12.7 Å². The zero-order chi connectivity index (χ0) is 12.8. The summed E-state index contributed by atoms with van der Waals surface area (Å²) in [6.45, 7) is 3.87. The van der Waals surface area contributed by atoms with Gasteiger partial charge in [-0.15, -0.1) is 0 Å². The van der Waals surface area contributed by atoms with Crippen LogP contribution in [0.3, 0.4) is 0 Å². The number of aliphatic hydroxyl groups excluding tert-OH is 1. The van der Waals surface area contributed by atoms with Crippen LogP contribution in [0.15, 0.2) is 24.3 Å². The number of nitrogen functional groups attached to an aromatic ring is 1. The zero-order valence-corrected chi connectivity index (χ0v) is 10.4. The molecule has 5 nitrogen and oxygen atoms in total. The molecule has 0 aliphatic carbocycles. The maximum absolute atomic E-state index is 9.04. The van der Waals surface area contributed by atoms with Crippen molar-refractivity contribution >= 4 is 5.69 Å². The fourth-order valence-corrected chi connectivity index (χ4v) is 1.95. The van der Waals surface area contributed by atoms with Gasteiger partial charge in [-0.2, -0.15) is 0 Å². The third-order valence-corrected chi connectivity index (χ3v) is 2.98. The SMILES string of the molecule is Nc1ccc(OCCN2CCOC(CO)C2)cc1. The largest absolute Gasteiger partial charge is 0.492 e. The van der Waals surface area contributed by atoms with Gasteiger partial charge in [0.1, 0.15) is 12.4 Å². The molecule has 0 radical (unpaired) electrons. The molecule has 3 N–H and O–H groups in total. The first-order valence-electron chi connectivity index (χ1n) is 6.21. The van der Waals surface area contributed by atoms with Gasteiger partial charge in [0, 0.05) is 25.3 Å². The molecule has 1 atom stereocenters. The molecule has 0 amide bonds. The quantitative estimate of drug-likeness (QED) is 0.740. The number of rotatable bonds is 5. The van der Waals surface area contributed by atoms with Gasteiger partial charge in [0.25, 0.3) is 0 Å². The Bertz CT molecular complexity index is 356. The molecule has 0 spiro atoms. The van der Waals surface area contributed by atoms with Crippen LogP contribution in [0.4, 0.5) is 5.69 Å². The van der Waals surface area contributed by atoms with Crippen molar-refractivity contribution < 1.29 is 14.6 Å². The number of nitrogens with two attached hydrogens (primary N) is 1. The van der Waals surface area contributed by atoms with Crippen molar-refractivity contribution in [3.8, 4) is 5.75 Å². The second kappa shape index (κ2) is 6.58. The standard InChI is InChI=1S/C13H20N2O3/c14-11-1-3-12(4-2-11)17-7-5-15-6-8-18-13(9-15)10-16/h1-4,13,16H,5-10,14H2. The van der Waals surface area contributed by atoms with Crippen LogP contribution < -0.4 is 10.5 Å². The van der Waals surface area contributed by atoms with Gasteiger partial charge < -0.3 is 20.3 Å². The van der Waals surface area contributed by atoms with Crippen molar-refractivity contribution in [3.63, 3.8) is 0 Å². The van der Waals surface area contributed by atoms with Crippen molar-refractivity contribution in [2.24, 2.45) is 0 Å². The third-order valence-electron chi connectivity index (χ3n) is 2.98. The predicted molar refractivity (Wildman–Crippen MR) is 69.6 cm³/mol. The highest BCUT2D eigenvalue weighted by atomic mass is 16.5. The molecular formula is C13H20N2O3. The molecule has 1 heterocycles. The van der Waals surface area contributed by atoms with E-state index in [4.69, 9.17) is 20.3 Å². The molecule has 1 aliphatic rings. The van der Waals surface area contributed by atoms with E-state index in [1.165, 1.54) is 0 Å². The van der Waals surface area contributed by atoms with Crippen LogP contribution in [-0.2, 0) is 4.74 Å². The summed E-state index contributed by atoms with van der Waals surface area (Å²) in [5.74, 6) is 0.830. The Kier molecular flexibility index (Phi) is 4.81. The minimum absolute atomic E-state index is 0.0599. The van der Waals surface area contributed by atoms with Crippen LogP contribution in [0, 0.1) is 0 Å². The van der Waals surface area contributed by atoms with Gasteiger partial charge in [-0.3, -0.25) is 4.90 Å². The van der Waals surface area contributed by atoms with Crippen molar-refractivity contribution in [3.05, 3.63) is 24.3 Å². The van der Waals surface area contributed by atoms with Crippen molar-refractivity contribution in [1.82, 2.24) is 4.90 Å². The average molecular weight is 252 g/mol. The highest BCUT2D eigenvalue weighted by Gasteiger charge is 2.19. The predicted octanol–water partition coefficient (Wildman–Crippen LogP) is 0.341. The monoisotopic (exact) mass is 252 g/mol. The van der Waals surface area contributed by atoms with E-state index < -0.39 is 0 Å². The summed E-state index contributed by atoms with van der Waals surface area (Å²) >= 11 is 0. The first-order chi connectivity index (χ1) is 8.78. The summed E-state index contributed by atoms with van der Waals surface area (Å²) in [5, 5.41) is 9.04. The maximum Gasteiger partial charge on any atom is 0.119 e. The first-order valence-corrected chi connectivity index (χ1v) is 6.21. The molecule has 5 heteroatoms. The van der Waals surface area contributed by atoms with E-state index in [0.29, 0.717) is 13.2 Å². The normalized spacial score (nSPS) is 20.8. The molecule has 1 unspecified atom stereocenters. The van der Waals surface area contributed by atoms with E-state index >= 15 is 0 Å². The van der Waals surface area contributed by atoms with E-state index in [1.807, 2.05) is 24.3 Å². The molecule has 2 rings (SSSR count). The van der Waals surface area contributed by atoms with Crippen LogP contribution in [0.5, 0.6) is 5.75 Å². The molecule has 1 aromatic carbocycles. The van der Waals surface area contributed by atoms with Gasteiger partial charge in [-0.05, 0) is 24.3 Å². The lowest BCUT2D eigenvalue weighted by Gasteiger charge is -2.31. The Labute approximate surface area is 107 Å². The summed E-state index contributed by atoms with van der Waals surface area (Å²) in [6, 6.07) is 7.38. The molecule has 1 saturated heterocycles. The topological polar surface area (TPSA) is 68.0 Å². The molecule has 1 aromatic rings. The molecular weight excluding hydrogens is 232 g/mol. The van der Waals surface area contributed by atoms with Crippen LogP contribution in [0.25, 0.3) is 0 Å². The van der Waals surface area contributed by atoms with E-state index in [1.54, 1.807) is 0 Å². The molecule has 0 bridgehead atoms. The summed E-state index contributed by atoms with van der Waals surface area (Å²) < 4.78 is 11.0. The lowest BCUT2D eigenvalue weighted by Crippen LogP contribution is -2.45. The number of aliphatic hydroxyl groups is 1. The molecule has 0 saturated carbocycles. The molecule has 100 valence electrons. The van der Waals surface area contributed by atoms with Gasteiger partial charge in [0.15, 0.2) is 0 Å². The van der Waals surface area contributed by atoms with E-state index in [9.17, 15) is 0 Å². The molecule has 0 aromatic heterocycles. The average Bonchev–Trinajstić information content (AvgIpc) is 2.41. The summed E-state index contributed by atoms with van der Waals surface area (Å²) in [7, 11) is 0. The third kappa shape index (κ3) is 3.87. The number of benzene rings is 1. The van der Waals surface area contributed by atoms with Crippen LogP contribution in [0.2, 0.25) is 0 Å². The van der Waals surface area contributed by atoms with Gasteiger partial charge >= 0.3 is 0 Å². The maximum atomic E-state index is 9.04. The van der Waals surface area contributed by atoms with Crippen molar-refractivity contribution in [2.75, 3.05) is 45.2 Å². The summed E-state index contributed by atoms with van der Waals surface area (Å²) in [6.07, 6.45) is -0.0599. The second-order valence-electron chi connectivity index (χ2n) is 4.39. The van der Waals surface area contributed by atoms with Crippen LogP contribution in [-0.4, -0.2) is 55.6 Å². The Morgan fingerprint density at radius 2 is 2.17 bits per heavy atom. The van der Waals surface area contributed by atoms with Crippen molar-refractivity contribution in [1.29, 1.82) is 0 Å². The van der Waals surface area contributed by atoms with Crippen LogP contribution in [0.1, 0.15) is 0 Å². The first kappa shape index (κ1) is 13.1. The van der Waals surface area contributed by atoms with Crippen LogP contribution >= 0.6 is 0 Å². The fourth-order valence-electron chi connectivity index (χ4n) is 1.95. The minimum Gasteiger partial charge on any atom is -0.492 e. The van der Waals surface area contributed by atoms with E-state index in [0.717, 1.165) is 31.1 Å². The molecule has 1 fully saturated rings. The Morgan fingerprint density at radius 1 is 1.39 bits per heavy atom. The van der Waals surface area contributed by atoms with Gasteiger partial charge in [0.2, 0.25) is 0 Å². The highest BCUT2D eigenvalue weighted by Crippen LogP contribution is 2.13. The summed E-state index contributed by atoms with van der Waals surface area (Å²) in [4.78, 5) is 2.24. The van der Waals surface area contributed by atoms with Gasteiger partial charge in [-0.1, -0.05) is 0 Å². The zero-order valence-electron chi connectivity index (χ0n) is 10.4. The second-order valence-corrected chi connectivity index (χ2v) is 4.39. The number of anilines is 1. The van der Waals surface area contributed by atoms with E-state index in [2.05, 4.69) is 4.90 Å².